The highest BCUT2D eigenvalue weighted by atomic mass is 16.5. The number of carbonyl (C=O) groups is 6. The first-order valence-corrected chi connectivity index (χ1v) is 18.7. The fourth-order valence-electron chi connectivity index (χ4n) is 6.58. The Bertz CT molecular complexity index is 2080. The van der Waals surface area contributed by atoms with Crippen LogP contribution in [0.3, 0.4) is 0 Å². The van der Waals surface area contributed by atoms with Gasteiger partial charge in [-0.15, -0.1) is 0 Å². The van der Waals surface area contributed by atoms with Gasteiger partial charge in [0.05, 0.1) is 5.39 Å². The Balaban J connectivity index is 0.000000338. The molecule has 0 spiro atoms. The Labute approximate surface area is 349 Å². The second-order valence-corrected chi connectivity index (χ2v) is 13.7. The fraction of sp³-hybridized carbons (Fsp3) is 0.286. The van der Waals surface area contributed by atoms with E-state index in [4.69, 9.17) is 46.1 Å². The third kappa shape index (κ3) is 16.4. The van der Waals surface area contributed by atoms with E-state index in [2.05, 4.69) is 51.8 Å². The quantitative estimate of drug-likeness (QED) is 0.0948. The molecule has 1 aliphatic carbocycles. The maximum atomic E-state index is 9.55. The van der Waals surface area contributed by atoms with Crippen LogP contribution < -0.4 is 10.5 Å². The van der Waals surface area contributed by atoms with Gasteiger partial charge >= 0.3 is 35.8 Å². The summed E-state index contributed by atoms with van der Waals surface area (Å²) in [5, 5.41) is 47.8. The van der Waals surface area contributed by atoms with E-state index in [9.17, 15) is 28.8 Å². The van der Waals surface area contributed by atoms with E-state index in [1.807, 2.05) is 42.5 Å². The lowest BCUT2D eigenvalue weighted by Crippen LogP contribution is -2.39. The minimum atomic E-state index is -1.26. The van der Waals surface area contributed by atoms with Crippen LogP contribution in [0.4, 0.5) is 5.82 Å². The van der Waals surface area contributed by atoms with Crippen molar-refractivity contribution in [2.24, 2.45) is 0 Å². The first kappa shape index (κ1) is 48.0. The number of ether oxygens (including phenoxy) is 1. The molecule has 2 aliphatic rings. The lowest BCUT2D eigenvalue weighted by atomic mass is 9.90. The highest BCUT2D eigenvalue weighted by Gasteiger charge is 2.33. The summed E-state index contributed by atoms with van der Waals surface area (Å²) in [7, 11) is 4.41. The van der Waals surface area contributed by atoms with Crippen molar-refractivity contribution in [2.45, 2.75) is 50.2 Å². The van der Waals surface area contributed by atoms with E-state index in [0.29, 0.717) is 60.4 Å². The number of hydrogen-bond acceptors (Lipinski definition) is 12. The number of para-hydroxylation sites is 1. The van der Waals surface area contributed by atoms with Gasteiger partial charge in [-0.05, 0) is 76.0 Å². The van der Waals surface area contributed by atoms with Crippen molar-refractivity contribution in [1.82, 2.24) is 24.3 Å². The lowest BCUT2D eigenvalue weighted by molar-refractivity contribution is -0.134. The molecule has 19 nitrogen and oxygen atoms in total. The molecule has 0 bridgehead atoms. The predicted molar refractivity (Wildman–Crippen MR) is 222 cm³/mol. The number of fused-ring (bicyclic) bond motifs is 1. The summed E-state index contributed by atoms with van der Waals surface area (Å²) < 4.78 is 8.35. The van der Waals surface area contributed by atoms with Gasteiger partial charge in [0.15, 0.2) is 0 Å². The summed E-state index contributed by atoms with van der Waals surface area (Å²) in [5.74, 6) is -5.38. The highest BCUT2D eigenvalue weighted by Crippen LogP contribution is 2.40. The minimum absolute atomic E-state index is 0.426. The molecule has 1 aliphatic heterocycles. The molecule has 2 fully saturated rings. The number of carboxylic acid groups (broad SMARTS) is 6. The molecule has 1 saturated carbocycles. The van der Waals surface area contributed by atoms with Gasteiger partial charge in [-0.1, -0.05) is 30.3 Å². The van der Waals surface area contributed by atoms with Crippen molar-refractivity contribution in [1.29, 1.82) is 0 Å². The lowest BCUT2D eigenvalue weighted by Gasteiger charge is -2.35. The molecule has 4 aromatic rings. The van der Waals surface area contributed by atoms with Gasteiger partial charge in [-0.25, -0.2) is 38.7 Å². The molecule has 1 saturated heterocycles. The molecule has 3 heterocycles. The van der Waals surface area contributed by atoms with Gasteiger partial charge < -0.3 is 50.6 Å². The van der Waals surface area contributed by atoms with Crippen molar-refractivity contribution >= 4 is 52.7 Å². The number of hydrogen-bond donors (Lipinski definition) is 7. The number of carboxylic acids is 6. The number of aliphatic carboxylic acids is 6. The summed E-state index contributed by atoms with van der Waals surface area (Å²) >= 11 is 0. The Hall–Kier alpha value is -7.38. The van der Waals surface area contributed by atoms with Crippen LogP contribution in [0.15, 0.2) is 104 Å². The molecule has 6 rings (SSSR count). The first-order chi connectivity index (χ1) is 28.9. The summed E-state index contributed by atoms with van der Waals surface area (Å²) in [5.41, 5.74) is 9.51. The van der Waals surface area contributed by atoms with Crippen molar-refractivity contribution in [3.05, 3.63) is 104 Å². The third-order valence-electron chi connectivity index (χ3n) is 9.39. The number of nitrogens with two attached hydrogens (primary N) is 1. The first-order valence-electron chi connectivity index (χ1n) is 18.7. The van der Waals surface area contributed by atoms with E-state index in [1.54, 1.807) is 6.33 Å². The molecular formula is C42H48N6O13. The molecule has 8 N–H and O–H groups in total. The van der Waals surface area contributed by atoms with Gasteiger partial charge in [0.2, 0.25) is 0 Å². The van der Waals surface area contributed by atoms with E-state index >= 15 is 0 Å². The highest BCUT2D eigenvalue weighted by molar-refractivity contribution is 6.00. The van der Waals surface area contributed by atoms with E-state index in [-0.39, 0.29) is 0 Å². The summed E-state index contributed by atoms with van der Waals surface area (Å²) in [4.78, 5) is 71.4. The van der Waals surface area contributed by atoms with Crippen molar-refractivity contribution < 1.29 is 64.1 Å². The largest absolute Gasteiger partial charge is 0.478 e. The SMILES string of the molecule is CN(C)[C@H]1CCN(C2CCC(n3cc(-c4ccc(Oc5ccccc5)cc4)c4c(N)ncnc43)CC2)C1.O=C(O)/C=C\C(=O)O.O=C(O)/C=C\C(=O)O.O=C(O)/C=C\C(=O)O. The van der Waals surface area contributed by atoms with Gasteiger partial charge in [-0.3, -0.25) is 4.90 Å². The standard InChI is InChI=1S/C30H36N6O.3C4H4O4/c1-34(2)24-16-17-35(18-24)22-10-12-23(13-11-22)36-19-27(28-29(31)32-20-33-30(28)36)21-8-14-26(15-9-21)37-25-6-4-3-5-7-25;3*5-3(6)1-2-4(7)8/h3-9,14-15,19-20,22-24H,10-13,16-18H2,1-2H3,(H2,31,32,33);3*1-2H,(H,5,6)(H,7,8)/b;3*2-1-/t22?,23?,24-;;;/m0.../s1. The van der Waals surface area contributed by atoms with Crippen LogP contribution in [-0.2, 0) is 28.8 Å². The molecule has 2 aromatic heterocycles. The predicted octanol–water partition coefficient (Wildman–Crippen LogP) is 4.73. The Morgan fingerprint density at radius 1 is 0.656 bits per heavy atom. The maximum Gasteiger partial charge on any atom is 0.328 e. The molecule has 0 unspecified atom stereocenters. The van der Waals surface area contributed by atoms with Crippen LogP contribution in [0.5, 0.6) is 11.5 Å². The third-order valence-corrected chi connectivity index (χ3v) is 9.39. The van der Waals surface area contributed by atoms with Crippen molar-refractivity contribution in [3.8, 4) is 22.6 Å². The molecule has 61 heavy (non-hydrogen) atoms. The molecule has 0 radical (unpaired) electrons. The number of likely N-dealkylation sites (N-methyl/N-ethyl adjacent to an activating group) is 1. The average molecular weight is 845 g/mol. The Morgan fingerprint density at radius 2 is 1.11 bits per heavy atom. The van der Waals surface area contributed by atoms with Crippen molar-refractivity contribution in [3.63, 3.8) is 0 Å². The number of anilines is 1. The topological polar surface area (TPSA) is 296 Å². The molecule has 1 atom stereocenters. The van der Waals surface area contributed by atoms with E-state index < -0.39 is 35.8 Å². The monoisotopic (exact) mass is 844 g/mol. The van der Waals surface area contributed by atoms with Crippen LogP contribution in [0, 0.1) is 0 Å². The van der Waals surface area contributed by atoms with Gasteiger partial charge in [-0.2, -0.15) is 0 Å². The number of nitrogen functional groups attached to an aromatic ring is 1. The molecule has 324 valence electrons. The van der Waals surface area contributed by atoms with Crippen molar-refractivity contribution in [2.75, 3.05) is 32.9 Å². The van der Waals surface area contributed by atoms with Crippen LogP contribution in [-0.4, -0.2) is 130 Å². The van der Waals surface area contributed by atoms with Gasteiger partial charge in [0.25, 0.3) is 0 Å². The normalized spacial score (nSPS) is 17.5. The van der Waals surface area contributed by atoms with Gasteiger partial charge in [0.1, 0.15) is 29.3 Å². The van der Waals surface area contributed by atoms with E-state index in [1.165, 1.54) is 32.4 Å². The number of likely N-dealkylation sites (tertiary alicyclic amines) is 1. The van der Waals surface area contributed by atoms with Gasteiger partial charge in [0, 0.05) is 79.4 Å². The fourth-order valence-corrected chi connectivity index (χ4v) is 6.58. The number of benzene rings is 2. The Morgan fingerprint density at radius 3 is 1.56 bits per heavy atom. The number of aromatic nitrogens is 3. The van der Waals surface area contributed by atoms with E-state index in [0.717, 1.165) is 46.5 Å². The summed E-state index contributed by atoms with van der Waals surface area (Å²) in [6, 6.07) is 19.9. The Kier molecular flexibility index (Phi) is 18.8. The zero-order valence-corrected chi connectivity index (χ0v) is 33.4. The maximum absolute atomic E-state index is 9.55. The zero-order chi connectivity index (χ0) is 45.1. The second kappa shape index (κ2) is 23.9. The molecule has 19 heteroatoms. The molecular weight excluding hydrogens is 796 g/mol. The smallest absolute Gasteiger partial charge is 0.328 e. The summed E-state index contributed by atoms with van der Waals surface area (Å²) in [6.45, 7) is 2.43. The molecule has 0 amide bonds. The number of rotatable bonds is 12. The summed E-state index contributed by atoms with van der Waals surface area (Å²) in [6.07, 6.45) is 13.2. The average Bonchev–Trinajstić information content (AvgIpc) is 3.88. The minimum Gasteiger partial charge on any atom is -0.478 e. The van der Waals surface area contributed by atoms with Crippen LogP contribution >= 0.6 is 0 Å². The zero-order valence-electron chi connectivity index (χ0n) is 33.4. The van der Waals surface area contributed by atoms with Crippen LogP contribution in [0.1, 0.15) is 38.1 Å². The van der Waals surface area contributed by atoms with Crippen LogP contribution in [0.25, 0.3) is 22.2 Å². The number of nitrogens with zero attached hydrogens (tertiary/aromatic N) is 5. The van der Waals surface area contributed by atoms with Crippen LogP contribution in [0.2, 0.25) is 0 Å². The second-order valence-electron chi connectivity index (χ2n) is 13.7. The molecule has 2 aromatic carbocycles.